The van der Waals surface area contributed by atoms with Crippen LogP contribution in [0.5, 0.6) is 5.75 Å². The Hall–Kier alpha value is -1.55. The molecule has 100 valence electrons. The number of carbonyl (C=O) groups excluding carboxylic acids is 1. The summed E-state index contributed by atoms with van der Waals surface area (Å²) in [5.74, 6) is -0.0963. The van der Waals surface area contributed by atoms with Crippen molar-refractivity contribution in [3.8, 4) is 5.75 Å². The number of hydrogen-bond acceptors (Lipinski definition) is 3. The minimum atomic E-state index is -0.302. The van der Waals surface area contributed by atoms with Crippen molar-refractivity contribution in [2.75, 3.05) is 6.61 Å². The number of aliphatic hydroxyl groups excluding tert-OH is 1. The summed E-state index contributed by atoms with van der Waals surface area (Å²) in [5, 5.41) is 21.5. The summed E-state index contributed by atoms with van der Waals surface area (Å²) in [5.41, 5.74) is 1.19. The van der Waals surface area contributed by atoms with Crippen LogP contribution in [0.2, 0.25) is 0 Å². The molecule has 0 saturated carbocycles. The molecule has 0 radical (unpaired) electrons. The highest BCUT2D eigenvalue weighted by Crippen LogP contribution is 2.18. The fourth-order valence-corrected chi connectivity index (χ4v) is 1.79. The number of phenols is 1. The zero-order valence-electron chi connectivity index (χ0n) is 11.1. The van der Waals surface area contributed by atoms with Gasteiger partial charge in [-0.25, -0.2) is 0 Å². The van der Waals surface area contributed by atoms with Crippen molar-refractivity contribution in [2.24, 2.45) is 5.92 Å². The maximum atomic E-state index is 12.1. The highest BCUT2D eigenvalue weighted by Gasteiger charge is 2.18. The minimum Gasteiger partial charge on any atom is -0.507 e. The first-order valence-electron chi connectivity index (χ1n) is 6.17. The Bertz CT molecular complexity index is 416. The normalized spacial score (nSPS) is 12.5. The third-order valence-electron chi connectivity index (χ3n) is 2.96. The van der Waals surface area contributed by atoms with E-state index >= 15 is 0 Å². The molecule has 0 aliphatic heterocycles. The third kappa shape index (κ3) is 3.74. The van der Waals surface area contributed by atoms with Crippen LogP contribution in [-0.4, -0.2) is 28.8 Å². The molecular weight excluding hydrogens is 230 g/mol. The highest BCUT2D eigenvalue weighted by molar-refractivity contribution is 5.97. The van der Waals surface area contributed by atoms with Gasteiger partial charge in [-0.1, -0.05) is 25.5 Å². The summed E-state index contributed by atoms with van der Waals surface area (Å²) >= 11 is 0. The summed E-state index contributed by atoms with van der Waals surface area (Å²) in [4.78, 5) is 12.1. The van der Waals surface area contributed by atoms with Crippen LogP contribution in [0.25, 0.3) is 0 Å². The molecule has 0 aliphatic carbocycles. The molecule has 1 rings (SSSR count). The van der Waals surface area contributed by atoms with Gasteiger partial charge in [0.25, 0.3) is 5.91 Å². The van der Waals surface area contributed by atoms with Gasteiger partial charge in [-0.2, -0.15) is 0 Å². The third-order valence-corrected chi connectivity index (χ3v) is 2.96. The molecule has 0 aliphatic rings. The summed E-state index contributed by atoms with van der Waals surface area (Å²) in [6.07, 6.45) is 0.510. The molecular formula is C14H21NO3. The van der Waals surface area contributed by atoms with Crippen LogP contribution in [-0.2, 0) is 0 Å². The number of carbonyl (C=O) groups is 1. The van der Waals surface area contributed by atoms with Crippen LogP contribution in [0.1, 0.15) is 36.2 Å². The molecule has 1 amide bonds. The van der Waals surface area contributed by atoms with E-state index in [0.29, 0.717) is 6.42 Å². The lowest BCUT2D eigenvalue weighted by atomic mass is 10.0. The van der Waals surface area contributed by atoms with Gasteiger partial charge in [-0.15, -0.1) is 0 Å². The minimum absolute atomic E-state index is 0.0235. The molecule has 0 bridgehead atoms. The van der Waals surface area contributed by atoms with Crippen molar-refractivity contribution >= 4 is 5.91 Å². The number of nitrogens with one attached hydrogen (secondary N) is 1. The Labute approximate surface area is 108 Å². The van der Waals surface area contributed by atoms with Crippen molar-refractivity contribution in [3.05, 3.63) is 29.3 Å². The van der Waals surface area contributed by atoms with Gasteiger partial charge in [0.1, 0.15) is 5.75 Å². The highest BCUT2D eigenvalue weighted by atomic mass is 16.3. The zero-order chi connectivity index (χ0) is 13.7. The van der Waals surface area contributed by atoms with Crippen LogP contribution in [0.4, 0.5) is 0 Å². The topological polar surface area (TPSA) is 69.6 Å². The van der Waals surface area contributed by atoms with E-state index in [1.54, 1.807) is 12.1 Å². The number of hydrogen-bond donors (Lipinski definition) is 3. The first kappa shape index (κ1) is 14.5. The number of aromatic hydroxyl groups is 1. The fourth-order valence-electron chi connectivity index (χ4n) is 1.79. The number of aliphatic hydroxyl groups is 1. The van der Waals surface area contributed by atoms with Crippen molar-refractivity contribution in [2.45, 2.75) is 33.2 Å². The van der Waals surface area contributed by atoms with Gasteiger partial charge in [0.2, 0.25) is 0 Å². The van der Waals surface area contributed by atoms with E-state index in [9.17, 15) is 9.90 Å². The predicted octanol–water partition coefficient (Wildman–Crippen LogP) is 1.84. The maximum absolute atomic E-state index is 12.1. The Morgan fingerprint density at radius 2 is 2.06 bits per heavy atom. The fraction of sp³-hybridized carbons (Fsp3) is 0.500. The average molecular weight is 251 g/mol. The number of phenolic OH excluding ortho intramolecular Hbond substituents is 1. The SMILES string of the molecule is Cc1ccc(O)c(C(=O)NC(CCO)C(C)C)c1. The molecule has 0 saturated heterocycles. The van der Waals surface area contributed by atoms with Crippen LogP contribution in [0.3, 0.4) is 0 Å². The van der Waals surface area contributed by atoms with Crippen molar-refractivity contribution in [3.63, 3.8) is 0 Å². The van der Waals surface area contributed by atoms with Gasteiger partial charge in [0.15, 0.2) is 0 Å². The molecule has 4 heteroatoms. The van der Waals surface area contributed by atoms with Crippen LogP contribution >= 0.6 is 0 Å². The first-order valence-corrected chi connectivity index (χ1v) is 6.17. The summed E-state index contributed by atoms with van der Waals surface area (Å²) in [6, 6.07) is 4.82. The number of rotatable bonds is 5. The van der Waals surface area contributed by atoms with Crippen LogP contribution < -0.4 is 5.32 Å². The maximum Gasteiger partial charge on any atom is 0.255 e. The van der Waals surface area contributed by atoms with Crippen LogP contribution in [0.15, 0.2) is 18.2 Å². The lowest BCUT2D eigenvalue weighted by Gasteiger charge is -2.21. The van der Waals surface area contributed by atoms with Gasteiger partial charge in [0.05, 0.1) is 5.56 Å². The first-order chi connectivity index (χ1) is 8.45. The summed E-state index contributed by atoms with van der Waals surface area (Å²) in [7, 11) is 0. The average Bonchev–Trinajstić information content (AvgIpc) is 2.31. The lowest BCUT2D eigenvalue weighted by molar-refractivity contribution is 0.0914. The molecule has 1 aromatic rings. The number of benzene rings is 1. The summed E-state index contributed by atoms with van der Waals surface area (Å²) in [6.45, 7) is 5.86. The molecule has 0 heterocycles. The van der Waals surface area contributed by atoms with E-state index in [4.69, 9.17) is 5.11 Å². The molecule has 3 N–H and O–H groups in total. The molecule has 0 spiro atoms. The quantitative estimate of drug-likeness (QED) is 0.748. The van der Waals surface area contributed by atoms with Gasteiger partial charge in [-0.3, -0.25) is 4.79 Å². The van der Waals surface area contributed by atoms with Crippen LogP contribution in [0, 0.1) is 12.8 Å². The van der Waals surface area contributed by atoms with Crippen molar-refractivity contribution < 1.29 is 15.0 Å². The monoisotopic (exact) mass is 251 g/mol. The second-order valence-electron chi connectivity index (χ2n) is 4.86. The Morgan fingerprint density at radius 3 is 2.61 bits per heavy atom. The molecule has 0 fully saturated rings. The van der Waals surface area contributed by atoms with Gasteiger partial charge < -0.3 is 15.5 Å². The van der Waals surface area contributed by atoms with Crippen molar-refractivity contribution in [1.82, 2.24) is 5.32 Å². The Kier molecular flexibility index (Phi) is 5.16. The molecule has 0 aromatic heterocycles. The van der Waals surface area contributed by atoms with Gasteiger partial charge >= 0.3 is 0 Å². The van der Waals surface area contributed by atoms with E-state index in [-0.39, 0.29) is 35.8 Å². The zero-order valence-corrected chi connectivity index (χ0v) is 11.1. The van der Waals surface area contributed by atoms with Gasteiger partial charge in [0, 0.05) is 12.6 Å². The number of aryl methyl sites for hydroxylation is 1. The molecule has 18 heavy (non-hydrogen) atoms. The van der Waals surface area contributed by atoms with E-state index in [1.807, 2.05) is 20.8 Å². The lowest BCUT2D eigenvalue weighted by Crippen LogP contribution is -2.39. The molecule has 1 aromatic carbocycles. The molecule has 1 unspecified atom stereocenters. The Balaban J connectivity index is 2.83. The predicted molar refractivity (Wildman–Crippen MR) is 70.6 cm³/mol. The standard InChI is InChI=1S/C14H21NO3/c1-9(2)12(6-7-16)15-14(18)11-8-10(3)4-5-13(11)17/h4-5,8-9,12,16-17H,6-7H2,1-3H3,(H,15,18). The van der Waals surface area contributed by atoms with E-state index in [0.717, 1.165) is 5.56 Å². The van der Waals surface area contributed by atoms with E-state index in [2.05, 4.69) is 5.32 Å². The number of amides is 1. The largest absolute Gasteiger partial charge is 0.507 e. The molecule has 4 nitrogen and oxygen atoms in total. The van der Waals surface area contributed by atoms with E-state index < -0.39 is 0 Å². The second-order valence-corrected chi connectivity index (χ2v) is 4.86. The Morgan fingerprint density at radius 1 is 1.39 bits per heavy atom. The smallest absolute Gasteiger partial charge is 0.255 e. The molecule has 1 atom stereocenters. The summed E-state index contributed by atoms with van der Waals surface area (Å²) < 4.78 is 0. The second kappa shape index (κ2) is 6.40. The van der Waals surface area contributed by atoms with Gasteiger partial charge in [-0.05, 0) is 31.4 Å². The van der Waals surface area contributed by atoms with E-state index in [1.165, 1.54) is 6.07 Å². The van der Waals surface area contributed by atoms with Crippen molar-refractivity contribution in [1.29, 1.82) is 0 Å².